The van der Waals surface area contributed by atoms with Gasteiger partial charge in [0.2, 0.25) is 0 Å². The summed E-state index contributed by atoms with van der Waals surface area (Å²) in [7, 11) is 0. The van der Waals surface area contributed by atoms with Crippen LogP contribution in [0, 0.1) is 13.8 Å². The highest BCUT2D eigenvalue weighted by molar-refractivity contribution is 7.10. The zero-order valence-electron chi connectivity index (χ0n) is 14.4. The first-order chi connectivity index (χ1) is 12.0. The fraction of sp³-hybridized carbons (Fsp3) is 0.368. The lowest BCUT2D eigenvalue weighted by atomic mass is 10.0. The number of nitrogens with one attached hydrogen (secondary N) is 1. The summed E-state index contributed by atoms with van der Waals surface area (Å²) in [5.41, 5.74) is 2.71. The predicted molar refractivity (Wildman–Crippen MR) is 97.7 cm³/mol. The number of rotatable bonds is 6. The summed E-state index contributed by atoms with van der Waals surface area (Å²) in [4.78, 5) is 27.4. The van der Waals surface area contributed by atoms with E-state index in [0.29, 0.717) is 12.1 Å². The summed E-state index contributed by atoms with van der Waals surface area (Å²) >= 11 is 1.63. The van der Waals surface area contributed by atoms with Crippen molar-refractivity contribution in [2.75, 3.05) is 0 Å². The second kappa shape index (κ2) is 7.27. The highest BCUT2D eigenvalue weighted by Crippen LogP contribution is 2.30. The van der Waals surface area contributed by atoms with Gasteiger partial charge in [0.15, 0.2) is 6.04 Å². The summed E-state index contributed by atoms with van der Waals surface area (Å²) in [6, 6.07) is 8.12. The van der Waals surface area contributed by atoms with Crippen LogP contribution in [-0.2, 0) is 11.3 Å². The van der Waals surface area contributed by atoms with Crippen molar-refractivity contribution >= 4 is 23.3 Å². The number of nitrogens with zero attached hydrogens (tertiary/aromatic N) is 1. The molecule has 0 radical (unpaired) electrons. The number of carboxylic acid groups (broad SMARTS) is 1. The second-order valence-corrected chi connectivity index (χ2v) is 7.52. The minimum Gasteiger partial charge on any atom is -0.479 e. The minimum atomic E-state index is -1.05. The Hall–Kier alpha value is -2.34. The number of urea groups is 1. The van der Waals surface area contributed by atoms with Crippen LogP contribution in [0.5, 0.6) is 0 Å². The second-order valence-electron chi connectivity index (χ2n) is 6.52. The number of carboxylic acids is 1. The average molecular weight is 358 g/mol. The van der Waals surface area contributed by atoms with Gasteiger partial charge in [-0.3, -0.25) is 0 Å². The molecule has 2 aromatic rings. The lowest BCUT2D eigenvalue weighted by Crippen LogP contribution is -2.44. The topological polar surface area (TPSA) is 69.6 Å². The van der Waals surface area contributed by atoms with Crippen LogP contribution in [0.3, 0.4) is 0 Å². The Labute approximate surface area is 151 Å². The number of carbonyl (C=O) groups excluding carboxylic acids is 1. The molecule has 5 nitrogen and oxygen atoms in total. The molecule has 0 unspecified atom stereocenters. The van der Waals surface area contributed by atoms with Gasteiger partial charge in [0.1, 0.15) is 0 Å². The Bertz CT molecular complexity index is 782. The normalized spacial score (nSPS) is 14.8. The molecule has 1 aliphatic carbocycles. The van der Waals surface area contributed by atoms with Crippen molar-refractivity contribution in [3.63, 3.8) is 0 Å². The van der Waals surface area contributed by atoms with Gasteiger partial charge in [0.25, 0.3) is 0 Å². The molecule has 25 heavy (non-hydrogen) atoms. The number of hydrogen-bond donors (Lipinski definition) is 2. The number of hydrogen-bond acceptors (Lipinski definition) is 3. The molecule has 6 heteroatoms. The molecule has 1 atom stereocenters. The number of aryl methyl sites for hydroxylation is 2. The van der Waals surface area contributed by atoms with E-state index < -0.39 is 12.0 Å². The van der Waals surface area contributed by atoms with Crippen LogP contribution in [0.1, 0.15) is 40.5 Å². The van der Waals surface area contributed by atoms with Gasteiger partial charge in [-0.15, -0.1) is 11.3 Å². The first kappa shape index (κ1) is 17.5. The van der Waals surface area contributed by atoms with Gasteiger partial charge in [-0.1, -0.05) is 29.8 Å². The molecule has 0 bridgehead atoms. The van der Waals surface area contributed by atoms with E-state index in [1.165, 1.54) is 0 Å². The van der Waals surface area contributed by atoms with Gasteiger partial charge in [-0.05, 0) is 49.3 Å². The maximum atomic E-state index is 12.8. The highest BCUT2D eigenvalue weighted by Gasteiger charge is 2.35. The van der Waals surface area contributed by atoms with Crippen molar-refractivity contribution in [1.29, 1.82) is 0 Å². The maximum absolute atomic E-state index is 12.8. The monoisotopic (exact) mass is 358 g/mol. The van der Waals surface area contributed by atoms with E-state index in [0.717, 1.165) is 28.8 Å². The predicted octanol–water partition coefficient (Wildman–Crippen LogP) is 3.86. The minimum absolute atomic E-state index is 0.202. The van der Waals surface area contributed by atoms with Gasteiger partial charge < -0.3 is 15.3 Å². The molecule has 0 saturated heterocycles. The average Bonchev–Trinajstić information content (AvgIpc) is 3.32. The third kappa shape index (κ3) is 4.20. The van der Waals surface area contributed by atoms with Crippen LogP contribution in [0.2, 0.25) is 0 Å². The van der Waals surface area contributed by atoms with Crippen LogP contribution in [-0.4, -0.2) is 28.0 Å². The molecular weight excluding hydrogens is 336 g/mol. The van der Waals surface area contributed by atoms with Crippen LogP contribution < -0.4 is 5.32 Å². The van der Waals surface area contributed by atoms with Gasteiger partial charge in [-0.2, -0.15) is 0 Å². The SMILES string of the molecule is Cc1cccc([C@@H](NC(=O)N(Cc2sccc2C)C2CC2)C(=O)O)c1. The molecule has 1 fully saturated rings. The number of thiophene rings is 1. The molecule has 3 rings (SSSR count). The molecule has 1 aromatic heterocycles. The van der Waals surface area contributed by atoms with Crippen molar-refractivity contribution in [3.05, 3.63) is 57.3 Å². The van der Waals surface area contributed by atoms with E-state index in [1.54, 1.807) is 34.4 Å². The van der Waals surface area contributed by atoms with Crippen molar-refractivity contribution in [3.8, 4) is 0 Å². The van der Waals surface area contributed by atoms with Crippen LogP contribution in [0.25, 0.3) is 0 Å². The number of benzene rings is 1. The van der Waals surface area contributed by atoms with Crippen molar-refractivity contribution in [2.24, 2.45) is 0 Å². The van der Waals surface area contributed by atoms with Gasteiger partial charge >= 0.3 is 12.0 Å². The van der Waals surface area contributed by atoms with Crippen LogP contribution in [0.15, 0.2) is 35.7 Å². The quantitative estimate of drug-likeness (QED) is 0.824. The first-order valence-electron chi connectivity index (χ1n) is 8.35. The summed E-state index contributed by atoms with van der Waals surface area (Å²) < 4.78 is 0. The van der Waals surface area contributed by atoms with E-state index in [4.69, 9.17) is 0 Å². The summed E-state index contributed by atoms with van der Waals surface area (Å²) in [6.45, 7) is 4.46. The lowest BCUT2D eigenvalue weighted by molar-refractivity contribution is -0.139. The molecule has 0 spiro atoms. The number of carbonyl (C=O) groups is 2. The Morgan fingerprint density at radius 2 is 2.08 bits per heavy atom. The van der Waals surface area contributed by atoms with Crippen LogP contribution >= 0.6 is 11.3 Å². The number of aliphatic carboxylic acids is 1. The molecule has 1 aromatic carbocycles. The summed E-state index contributed by atoms with van der Waals surface area (Å²) in [5, 5.41) is 14.3. The van der Waals surface area contributed by atoms with E-state index in [2.05, 4.69) is 5.32 Å². The van der Waals surface area contributed by atoms with Crippen LogP contribution in [0.4, 0.5) is 4.79 Å². The Morgan fingerprint density at radius 1 is 1.32 bits per heavy atom. The van der Waals surface area contributed by atoms with Crippen molar-refractivity contribution in [1.82, 2.24) is 10.2 Å². The van der Waals surface area contributed by atoms with E-state index in [9.17, 15) is 14.7 Å². The largest absolute Gasteiger partial charge is 0.479 e. The van der Waals surface area contributed by atoms with E-state index in [-0.39, 0.29) is 12.1 Å². The van der Waals surface area contributed by atoms with Gasteiger partial charge in [0.05, 0.1) is 6.54 Å². The lowest BCUT2D eigenvalue weighted by Gasteiger charge is -2.25. The number of amides is 2. The zero-order valence-corrected chi connectivity index (χ0v) is 15.2. The molecule has 1 heterocycles. The molecule has 1 saturated carbocycles. The maximum Gasteiger partial charge on any atom is 0.330 e. The smallest absolute Gasteiger partial charge is 0.330 e. The van der Waals surface area contributed by atoms with Gasteiger partial charge in [-0.25, -0.2) is 9.59 Å². The third-order valence-corrected chi connectivity index (χ3v) is 5.43. The van der Waals surface area contributed by atoms with Crippen molar-refractivity contribution in [2.45, 2.75) is 45.3 Å². The molecule has 1 aliphatic rings. The molecule has 2 N–H and O–H groups in total. The van der Waals surface area contributed by atoms with E-state index in [1.807, 2.05) is 31.4 Å². The first-order valence-corrected chi connectivity index (χ1v) is 9.23. The zero-order chi connectivity index (χ0) is 18.0. The molecule has 132 valence electrons. The molecular formula is C19H22N2O3S. The fourth-order valence-electron chi connectivity index (χ4n) is 2.82. The standard InChI is InChI=1S/C19H22N2O3S/c1-12-4-3-5-14(10-12)17(18(22)23)20-19(24)21(15-6-7-15)11-16-13(2)8-9-25-16/h3-5,8-10,15,17H,6-7,11H2,1-2H3,(H,20,24)(H,22,23)/t17-/m1/s1. The summed E-state index contributed by atoms with van der Waals surface area (Å²) in [6.07, 6.45) is 1.94. The van der Waals surface area contributed by atoms with E-state index >= 15 is 0 Å². The summed E-state index contributed by atoms with van der Waals surface area (Å²) in [5.74, 6) is -1.05. The Balaban J connectivity index is 1.77. The fourth-order valence-corrected chi connectivity index (χ4v) is 3.72. The molecule has 2 amide bonds. The highest BCUT2D eigenvalue weighted by atomic mass is 32.1. The molecule has 0 aliphatic heterocycles. The van der Waals surface area contributed by atoms with Gasteiger partial charge in [0, 0.05) is 10.9 Å². The Morgan fingerprint density at radius 3 is 2.64 bits per heavy atom. The van der Waals surface area contributed by atoms with Crippen molar-refractivity contribution < 1.29 is 14.7 Å². The third-order valence-electron chi connectivity index (χ3n) is 4.42. The Kier molecular flexibility index (Phi) is 5.08.